The number of hydroxylamine groups is 1. The molecule has 1 aliphatic heterocycles. The fourth-order valence-electron chi connectivity index (χ4n) is 3.74. The number of alkyl halides is 3. The average Bonchev–Trinajstić information content (AvgIpc) is 3.22. The largest absolute Gasteiger partial charge is 0.392 e. The van der Waals surface area contributed by atoms with Gasteiger partial charge in [-0.3, -0.25) is 10.0 Å². The Morgan fingerprint density at radius 1 is 1.33 bits per heavy atom. The van der Waals surface area contributed by atoms with Crippen LogP contribution in [0.1, 0.15) is 39.3 Å². The summed E-state index contributed by atoms with van der Waals surface area (Å²) in [4.78, 5) is 21.2. The number of hydrogen-bond acceptors (Lipinski definition) is 4. The summed E-state index contributed by atoms with van der Waals surface area (Å²) in [5, 5.41) is 8.88. The van der Waals surface area contributed by atoms with E-state index in [1.54, 1.807) is 17.6 Å². The van der Waals surface area contributed by atoms with Gasteiger partial charge >= 0.3 is 6.18 Å². The molecule has 0 fully saturated rings. The Labute approximate surface area is 159 Å². The molecule has 0 spiro atoms. The molecular formula is C17H18ClF3N4O2. The molecule has 4 rings (SSSR count). The number of H-pyrrole nitrogens is 1. The summed E-state index contributed by atoms with van der Waals surface area (Å²) in [7, 11) is 0. The number of fused-ring (bicyclic) bond motifs is 2. The van der Waals surface area contributed by atoms with Crippen molar-refractivity contribution >= 4 is 24.3 Å². The molecule has 0 bridgehead atoms. The summed E-state index contributed by atoms with van der Waals surface area (Å²) in [6.45, 7) is 0.894. The van der Waals surface area contributed by atoms with Crippen LogP contribution in [0.2, 0.25) is 0 Å². The lowest BCUT2D eigenvalue weighted by Crippen LogP contribution is -2.28. The third-order valence-corrected chi connectivity index (χ3v) is 5.12. The number of halogens is 4. The van der Waals surface area contributed by atoms with Gasteiger partial charge in [0.15, 0.2) is 0 Å². The van der Waals surface area contributed by atoms with E-state index in [9.17, 15) is 18.0 Å². The van der Waals surface area contributed by atoms with Crippen molar-refractivity contribution in [2.45, 2.75) is 38.5 Å². The van der Waals surface area contributed by atoms with Gasteiger partial charge in [0.2, 0.25) is 5.95 Å². The monoisotopic (exact) mass is 402 g/mol. The molecule has 1 atom stereocenters. The van der Waals surface area contributed by atoms with Crippen LogP contribution in [0, 0.1) is 5.92 Å². The topological polar surface area (TPSA) is 81.2 Å². The van der Waals surface area contributed by atoms with Crippen LogP contribution in [0.25, 0.3) is 0 Å². The smallest absolute Gasteiger partial charge is 0.334 e. The van der Waals surface area contributed by atoms with Crippen molar-refractivity contribution in [1.29, 1.82) is 0 Å². The summed E-state index contributed by atoms with van der Waals surface area (Å²) < 4.78 is 38.9. The number of nitrogens with zero attached hydrogens (tertiary/aromatic N) is 2. The molecule has 146 valence electrons. The van der Waals surface area contributed by atoms with Gasteiger partial charge < -0.3 is 9.88 Å². The van der Waals surface area contributed by atoms with Gasteiger partial charge in [-0.1, -0.05) is 12.1 Å². The molecule has 2 aromatic rings. The number of aromatic amines is 1. The van der Waals surface area contributed by atoms with Crippen LogP contribution < -0.4 is 10.4 Å². The number of nitrogens with one attached hydrogen (secondary N) is 2. The van der Waals surface area contributed by atoms with Crippen LogP contribution in [0.4, 0.5) is 19.1 Å². The molecule has 3 N–H and O–H groups in total. The Kier molecular flexibility index (Phi) is 5.09. The second kappa shape index (κ2) is 7.05. The highest BCUT2D eigenvalue weighted by Gasteiger charge is 2.42. The zero-order chi connectivity index (χ0) is 18.5. The highest BCUT2D eigenvalue weighted by Crippen LogP contribution is 2.38. The summed E-state index contributed by atoms with van der Waals surface area (Å²) in [6, 6.07) is 5.23. The Morgan fingerprint density at radius 2 is 2.11 bits per heavy atom. The van der Waals surface area contributed by atoms with Gasteiger partial charge in [-0.05, 0) is 30.0 Å². The molecule has 0 unspecified atom stereocenters. The number of amides is 1. The first-order valence-corrected chi connectivity index (χ1v) is 8.31. The summed E-state index contributed by atoms with van der Waals surface area (Å²) in [6.07, 6.45) is -3.92. The number of aromatic nitrogens is 2. The maximum atomic E-state index is 13.0. The van der Waals surface area contributed by atoms with Gasteiger partial charge in [-0.15, -0.1) is 12.4 Å². The van der Waals surface area contributed by atoms with Crippen LogP contribution in [-0.4, -0.2) is 27.3 Å². The molecule has 2 aliphatic rings. The summed E-state index contributed by atoms with van der Waals surface area (Å²) >= 11 is 0. The molecule has 1 amide bonds. The molecule has 10 heteroatoms. The minimum atomic E-state index is -4.20. The van der Waals surface area contributed by atoms with Crippen molar-refractivity contribution in [3.8, 4) is 0 Å². The van der Waals surface area contributed by atoms with Crippen molar-refractivity contribution in [2.24, 2.45) is 5.92 Å². The lowest BCUT2D eigenvalue weighted by Gasteiger charge is -2.23. The average molecular weight is 403 g/mol. The van der Waals surface area contributed by atoms with Crippen LogP contribution >= 0.6 is 12.4 Å². The molecule has 1 aliphatic carbocycles. The Hall–Kier alpha value is -2.26. The van der Waals surface area contributed by atoms with E-state index < -0.39 is 18.0 Å². The fraction of sp³-hybridized carbons (Fsp3) is 0.412. The van der Waals surface area contributed by atoms with Crippen LogP contribution in [0.3, 0.4) is 0 Å². The summed E-state index contributed by atoms with van der Waals surface area (Å²) in [5.41, 5.74) is 4.94. The quantitative estimate of drug-likeness (QED) is 0.532. The number of benzene rings is 1. The Morgan fingerprint density at radius 3 is 2.81 bits per heavy atom. The zero-order valence-corrected chi connectivity index (χ0v) is 15.0. The predicted octanol–water partition coefficient (Wildman–Crippen LogP) is 3.14. The molecule has 1 aromatic carbocycles. The van der Waals surface area contributed by atoms with Crippen molar-refractivity contribution in [3.63, 3.8) is 0 Å². The molecule has 0 saturated carbocycles. The number of carbonyl (C=O) groups is 1. The number of aryl methyl sites for hydroxylation is 1. The van der Waals surface area contributed by atoms with E-state index in [1.165, 1.54) is 0 Å². The highest BCUT2D eigenvalue weighted by molar-refractivity contribution is 5.95. The molecule has 0 saturated heterocycles. The molecule has 27 heavy (non-hydrogen) atoms. The number of carbonyl (C=O) groups excluding carboxylic acids is 1. The third-order valence-electron chi connectivity index (χ3n) is 5.12. The maximum absolute atomic E-state index is 13.0. The van der Waals surface area contributed by atoms with Crippen molar-refractivity contribution in [2.75, 3.05) is 4.90 Å². The normalized spacial score (nSPS) is 18.5. The number of imidazole rings is 1. The zero-order valence-electron chi connectivity index (χ0n) is 14.1. The van der Waals surface area contributed by atoms with Gasteiger partial charge in [0.05, 0.1) is 11.6 Å². The molecule has 1 aromatic heterocycles. The number of rotatable bonds is 2. The van der Waals surface area contributed by atoms with E-state index in [2.05, 4.69) is 9.97 Å². The Bertz CT molecular complexity index is 868. The van der Waals surface area contributed by atoms with Gasteiger partial charge in [0.1, 0.15) is 0 Å². The van der Waals surface area contributed by atoms with Crippen LogP contribution in [0.5, 0.6) is 0 Å². The second-order valence-corrected chi connectivity index (χ2v) is 6.71. The Balaban J connectivity index is 0.00000210. The first kappa shape index (κ1) is 19.5. The lowest BCUT2D eigenvalue weighted by atomic mass is 9.89. The maximum Gasteiger partial charge on any atom is 0.392 e. The van der Waals surface area contributed by atoms with Crippen LogP contribution in [0.15, 0.2) is 18.2 Å². The van der Waals surface area contributed by atoms with Gasteiger partial charge in [0.25, 0.3) is 5.91 Å². The van der Waals surface area contributed by atoms with Crippen molar-refractivity contribution in [1.82, 2.24) is 15.4 Å². The molecule has 2 heterocycles. The number of hydrogen-bond donors (Lipinski definition) is 3. The first-order valence-electron chi connectivity index (χ1n) is 8.31. The van der Waals surface area contributed by atoms with E-state index in [0.29, 0.717) is 42.4 Å². The van der Waals surface area contributed by atoms with E-state index in [4.69, 9.17) is 5.21 Å². The van der Waals surface area contributed by atoms with Crippen LogP contribution in [-0.2, 0) is 25.9 Å². The van der Waals surface area contributed by atoms with Crippen molar-refractivity contribution < 1.29 is 23.2 Å². The van der Waals surface area contributed by atoms with Gasteiger partial charge in [-0.2, -0.15) is 13.2 Å². The fourth-order valence-corrected chi connectivity index (χ4v) is 3.74. The van der Waals surface area contributed by atoms with Gasteiger partial charge in [-0.25, -0.2) is 10.5 Å². The summed E-state index contributed by atoms with van der Waals surface area (Å²) in [5.74, 6) is -1.40. The van der Waals surface area contributed by atoms with Crippen molar-refractivity contribution in [3.05, 3.63) is 46.3 Å². The minimum absolute atomic E-state index is 0. The highest BCUT2D eigenvalue weighted by atomic mass is 35.5. The van der Waals surface area contributed by atoms with E-state index in [0.717, 1.165) is 11.1 Å². The van der Waals surface area contributed by atoms with E-state index in [-0.39, 0.29) is 25.2 Å². The minimum Gasteiger partial charge on any atom is -0.334 e. The van der Waals surface area contributed by atoms with Gasteiger partial charge in [0, 0.05) is 30.8 Å². The standard InChI is InChI=1S/C17H17F3N4O2.ClH/c18-17(19,20)10-4-5-13-14(6-10)22-16(21-13)24-7-9-2-1-3-11(12(9)8-24)15(25)23-26;/h1-3,10,26H,4-8H2,(H,21,22)(H,23,25);1H/t10-;/m1./s1. The molecule has 6 nitrogen and oxygen atoms in total. The number of anilines is 1. The third kappa shape index (κ3) is 3.49. The van der Waals surface area contributed by atoms with E-state index in [1.807, 2.05) is 11.0 Å². The lowest BCUT2D eigenvalue weighted by molar-refractivity contribution is -0.177. The second-order valence-electron chi connectivity index (χ2n) is 6.71. The molecule has 0 radical (unpaired) electrons. The van der Waals surface area contributed by atoms with E-state index >= 15 is 0 Å². The SMILES string of the molecule is Cl.O=C(NO)c1cccc2c1CN(c1nc3c([nH]1)C[C@H](C(F)(F)F)CC3)C2. The molecular weight excluding hydrogens is 385 g/mol. The predicted molar refractivity (Wildman–Crippen MR) is 93.0 cm³/mol. The first-order chi connectivity index (χ1) is 12.4.